The first-order valence-electron chi connectivity index (χ1n) is 10.5. The lowest BCUT2D eigenvalue weighted by atomic mass is 9.87. The number of rotatable bonds is 3. The van der Waals surface area contributed by atoms with Gasteiger partial charge in [0.25, 0.3) is 5.91 Å². The molecule has 2 aromatic rings. The fourth-order valence-corrected chi connectivity index (χ4v) is 4.67. The van der Waals surface area contributed by atoms with Gasteiger partial charge in [-0.25, -0.2) is 0 Å². The highest BCUT2D eigenvalue weighted by Gasteiger charge is 2.28. The average molecular weight is 420 g/mol. The summed E-state index contributed by atoms with van der Waals surface area (Å²) in [5.74, 6) is -0.124. The van der Waals surface area contributed by atoms with Crippen LogP contribution in [0.15, 0.2) is 64.5 Å². The summed E-state index contributed by atoms with van der Waals surface area (Å²) in [7, 11) is 0. The van der Waals surface area contributed by atoms with Gasteiger partial charge >= 0.3 is 0 Å². The number of aliphatic imine (C=N–C) groups is 1. The van der Waals surface area contributed by atoms with Crippen LogP contribution in [0.3, 0.4) is 0 Å². The first-order valence-corrected chi connectivity index (χ1v) is 11.3. The van der Waals surface area contributed by atoms with Crippen LogP contribution < -0.4 is 0 Å². The lowest BCUT2D eigenvalue weighted by Crippen LogP contribution is -2.47. The van der Waals surface area contributed by atoms with Crippen LogP contribution in [0.25, 0.3) is 6.08 Å². The number of amides is 1. The van der Waals surface area contributed by atoms with E-state index in [1.165, 1.54) is 22.9 Å². The summed E-state index contributed by atoms with van der Waals surface area (Å²) in [6, 6.07) is 19.0. The fourth-order valence-electron chi connectivity index (χ4n) is 3.70. The van der Waals surface area contributed by atoms with E-state index >= 15 is 0 Å². The number of hydrogen-bond acceptors (Lipinski definition) is 4. The molecule has 0 saturated carbocycles. The molecule has 2 heterocycles. The maximum absolute atomic E-state index is 12.4. The molecule has 0 radical (unpaired) electrons. The lowest BCUT2D eigenvalue weighted by Gasteiger charge is -2.35. The third-order valence-electron chi connectivity index (χ3n) is 5.58. The second-order valence-corrected chi connectivity index (χ2v) is 9.94. The molecule has 0 atom stereocenters. The van der Waals surface area contributed by atoms with Crippen LogP contribution in [-0.2, 0) is 16.8 Å². The number of benzene rings is 2. The van der Waals surface area contributed by atoms with Crippen molar-refractivity contribution in [2.45, 2.75) is 32.7 Å². The highest BCUT2D eigenvalue weighted by Crippen LogP contribution is 2.31. The van der Waals surface area contributed by atoms with Crippen LogP contribution in [0, 0.1) is 0 Å². The molecule has 156 valence electrons. The summed E-state index contributed by atoms with van der Waals surface area (Å²) in [4.78, 5) is 22.2. The van der Waals surface area contributed by atoms with E-state index in [0.717, 1.165) is 43.5 Å². The predicted molar refractivity (Wildman–Crippen MR) is 126 cm³/mol. The minimum absolute atomic E-state index is 0.124. The highest BCUT2D eigenvalue weighted by atomic mass is 32.2. The van der Waals surface area contributed by atoms with E-state index in [0.29, 0.717) is 4.91 Å². The summed E-state index contributed by atoms with van der Waals surface area (Å²) in [6.07, 6.45) is 1.96. The number of carbonyl (C=O) groups excluding carboxylic acids is 1. The van der Waals surface area contributed by atoms with E-state index in [1.54, 1.807) is 0 Å². The fraction of sp³-hybridized carbons (Fsp3) is 0.360. The molecule has 0 aromatic heterocycles. The van der Waals surface area contributed by atoms with Gasteiger partial charge in [-0.1, -0.05) is 75.4 Å². The van der Waals surface area contributed by atoms with Crippen molar-refractivity contribution in [1.29, 1.82) is 0 Å². The van der Waals surface area contributed by atoms with E-state index in [-0.39, 0.29) is 11.3 Å². The highest BCUT2D eigenvalue weighted by molar-refractivity contribution is 8.18. The molecule has 2 aliphatic heterocycles. The Morgan fingerprint density at radius 3 is 2.27 bits per heavy atom. The quantitative estimate of drug-likeness (QED) is 0.672. The lowest BCUT2D eigenvalue weighted by molar-refractivity contribution is -0.113. The third kappa shape index (κ3) is 5.02. The first-order chi connectivity index (χ1) is 14.4. The van der Waals surface area contributed by atoms with Gasteiger partial charge in [-0.2, -0.15) is 4.99 Å². The van der Waals surface area contributed by atoms with Crippen molar-refractivity contribution in [2.24, 2.45) is 4.99 Å². The van der Waals surface area contributed by atoms with Gasteiger partial charge in [-0.3, -0.25) is 9.69 Å². The van der Waals surface area contributed by atoms with Crippen molar-refractivity contribution < 1.29 is 4.79 Å². The van der Waals surface area contributed by atoms with Crippen LogP contribution in [-0.4, -0.2) is 47.1 Å². The second kappa shape index (κ2) is 8.78. The Hall–Kier alpha value is -2.37. The van der Waals surface area contributed by atoms with Gasteiger partial charge in [0.15, 0.2) is 5.17 Å². The Labute approximate surface area is 183 Å². The van der Waals surface area contributed by atoms with Crippen LogP contribution >= 0.6 is 11.8 Å². The number of amidine groups is 1. The molecule has 30 heavy (non-hydrogen) atoms. The molecule has 0 spiro atoms. The molecule has 0 unspecified atom stereocenters. The third-order valence-corrected chi connectivity index (χ3v) is 6.62. The molecule has 2 aliphatic rings. The number of piperazine rings is 1. The Kier molecular flexibility index (Phi) is 6.11. The normalized spacial score (nSPS) is 19.4. The Morgan fingerprint density at radius 2 is 1.63 bits per heavy atom. The Morgan fingerprint density at radius 1 is 0.967 bits per heavy atom. The minimum atomic E-state index is -0.124. The first kappa shape index (κ1) is 20.9. The zero-order chi connectivity index (χ0) is 21.1. The summed E-state index contributed by atoms with van der Waals surface area (Å²) in [6.45, 7) is 11.4. The largest absolute Gasteiger partial charge is 0.348 e. The van der Waals surface area contributed by atoms with Crippen molar-refractivity contribution in [1.82, 2.24) is 9.80 Å². The topological polar surface area (TPSA) is 35.9 Å². The van der Waals surface area contributed by atoms with Gasteiger partial charge in [-0.15, -0.1) is 0 Å². The molecule has 5 heteroatoms. The van der Waals surface area contributed by atoms with Crippen molar-refractivity contribution >= 4 is 28.9 Å². The van der Waals surface area contributed by atoms with Crippen molar-refractivity contribution in [3.05, 3.63) is 76.2 Å². The number of thioether (sulfide) groups is 1. The smallest absolute Gasteiger partial charge is 0.286 e. The standard InChI is InChI=1S/C25H29N3OS/c1-25(2,3)21-11-9-19(10-12-21)17-22-23(29)26-24(30-22)28-15-13-27(14-16-28)18-20-7-5-4-6-8-20/h4-12,17H,13-16,18H2,1-3H3/b22-17+. The molecule has 0 aliphatic carbocycles. The van der Waals surface area contributed by atoms with Crippen LogP contribution in [0.4, 0.5) is 0 Å². The molecular weight excluding hydrogens is 390 g/mol. The molecule has 1 fully saturated rings. The molecule has 4 nitrogen and oxygen atoms in total. The van der Waals surface area contributed by atoms with Crippen molar-refractivity contribution in [3.63, 3.8) is 0 Å². The molecule has 0 bridgehead atoms. The summed E-state index contributed by atoms with van der Waals surface area (Å²) >= 11 is 1.50. The maximum Gasteiger partial charge on any atom is 0.286 e. The monoisotopic (exact) mass is 419 g/mol. The molecule has 0 N–H and O–H groups in total. The molecule has 2 aromatic carbocycles. The van der Waals surface area contributed by atoms with E-state index in [9.17, 15) is 4.79 Å². The molecular formula is C25H29N3OS. The van der Waals surface area contributed by atoms with Crippen LogP contribution in [0.5, 0.6) is 0 Å². The van der Waals surface area contributed by atoms with Gasteiger partial charge < -0.3 is 4.90 Å². The molecule has 1 amide bonds. The van der Waals surface area contributed by atoms with Gasteiger partial charge in [0, 0.05) is 32.7 Å². The van der Waals surface area contributed by atoms with Crippen LogP contribution in [0.1, 0.15) is 37.5 Å². The Balaban J connectivity index is 1.34. The number of hydrogen-bond donors (Lipinski definition) is 0. The van der Waals surface area contributed by atoms with E-state index in [1.807, 2.05) is 6.08 Å². The molecule has 4 rings (SSSR count). The maximum atomic E-state index is 12.4. The average Bonchev–Trinajstić information content (AvgIpc) is 3.09. The van der Waals surface area contributed by atoms with Crippen molar-refractivity contribution in [3.8, 4) is 0 Å². The van der Waals surface area contributed by atoms with E-state index in [2.05, 4.69) is 90.2 Å². The van der Waals surface area contributed by atoms with Crippen LogP contribution in [0.2, 0.25) is 0 Å². The zero-order valence-corrected chi connectivity index (χ0v) is 18.8. The van der Waals surface area contributed by atoms with Gasteiger partial charge in [0.2, 0.25) is 0 Å². The second-order valence-electron chi connectivity index (χ2n) is 8.93. The SMILES string of the molecule is CC(C)(C)c1ccc(/C=C2/SC(N3CCN(Cc4ccccc4)CC3)=NC2=O)cc1. The zero-order valence-electron chi connectivity index (χ0n) is 18.0. The Bertz CT molecular complexity index is 950. The van der Waals surface area contributed by atoms with Crippen molar-refractivity contribution in [2.75, 3.05) is 26.2 Å². The molecule has 1 saturated heterocycles. The van der Waals surface area contributed by atoms with Gasteiger partial charge in [0.1, 0.15) is 0 Å². The number of carbonyl (C=O) groups is 1. The summed E-state index contributed by atoms with van der Waals surface area (Å²) < 4.78 is 0. The van der Waals surface area contributed by atoms with E-state index < -0.39 is 0 Å². The van der Waals surface area contributed by atoms with Gasteiger partial charge in [0.05, 0.1) is 4.91 Å². The summed E-state index contributed by atoms with van der Waals surface area (Å²) in [5.41, 5.74) is 3.81. The predicted octanol–water partition coefficient (Wildman–Crippen LogP) is 4.77. The number of nitrogens with zero attached hydrogens (tertiary/aromatic N) is 3. The minimum Gasteiger partial charge on any atom is -0.348 e. The van der Waals surface area contributed by atoms with E-state index in [4.69, 9.17) is 0 Å². The van der Waals surface area contributed by atoms with Gasteiger partial charge in [-0.05, 0) is 39.9 Å². The summed E-state index contributed by atoms with van der Waals surface area (Å²) in [5, 5.41) is 0.844.